The molecule has 0 saturated carbocycles. The van der Waals surface area contributed by atoms with Gasteiger partial charge in [0.1, 0.15) is 6.54 Å². The zero-order valence-electron chi connectivity index (χ0n) is 12.3. The summed E-state index contributed by atoms with van der Waals surface area (Å²) in [7, 11) is 3.22. The van der Waals surface area contributed by atoms with Gasteiger partial charge in [0.05, 0.1) is 14.2 Å². The number of aliphatic imine (C=N–C) groups is 1. The summed E-state index contributed by atoms with van der Waals surface area (Å²) in [5.41, 5.74) is 3.87. The van der Waals surface area contributed by atoms with Crippen LogP contribution in [0, 0.1) is 0 Å². The highest BCUT2D eigenvalue weighted by Gasteiger charge is 2.18. The fourth-order valence-electron chi connectivity index (χ4n) is 1.97. The number of nitrogens with zero attached hydrogens (tertiary/aromatic N) is 1. The Morgan fingerprint density at radius 1 is 1.33 bits per heavy atom. The predicted molar refractivity (Wildman–Crippen MR) is 74.5 cm³/mol. The molecule has 0 saturated heterocycles. The minimum Gasteiger partial charge on any atom is -0.862 e. The lowest BCUT2D eigenvalue weighted by atomic mass is 10.1. The molecule has 0 aliphatic carbocycles. The van der Waals surface area contributed by atoms with Crippen molar-refractivity contribution in [1.82, 2.24) is 5.59 Å². The van der Waals surface area contributed by atoms with Crippen LogP contribution in [-0.2, 0) is 11.3 Å². The van der Waals surface area contributed by atoms with Crippen molar-refractivity contribution in [3.63, 3.8) is 0 Å². The molecule has 0 bridgehead atoms. The highest BCUT2D eigenvalue weighted by atomic mass is 16.7. The van der Waals surface area contributed by atoms with Crippen molar-refractivity contribution >= 4 is 5.90 Å². The molecule has 1 heterocycles. The van der Waals surface area contributed by atoms with Gasteiger partial charge in [0, 0.05) is 12.0 Å². The molecule has 1 aromatic carbocycles. The number of ether oxygens (including phenoxy) is 2. The second kappa shape index (κ2) is 6.96. The predicted octanol–water partition coefficient (Wildman–Crippen LogP) is -0.841. The molecule has 21 heavy (non-hydrogen) atoms. The highest BCUT2D eigenvalue weighted by Crippen LogP contribution is 2.27. The average molecular weight is 293 g/mol. The third-order valence-corrected chi connectivity index (χ3v) is 2.98. The SMILES string of the molecule is COc1ccc(CC[NH+]2C=C(/N=C(/C)[O-])ON2)cc1OC. The van der Waals surface area contributed by atoms with Gasteiger partial charge < -0.3 is 19.4 Å². The Morgan fingerprint density at radius 3 is 2.76 bits per heavy atom. The van der Waals surface area contributed by atoms with Crippen LogP contribution in [0.5, 0.6) is 11.5 Å². The largest absolute Gasteiger partial charge is 0.862 e. The maximum absolute atomic E-state index is 10.9. The van der Waals surface area contributed by atoms with Gasteiger partial charge in [-0.05, 0) is 30.5 Å². The van der Waals surface area contributed by atoms with E-state index < -0.39 is 0 Å². The molecule has 2 rings (SSSR count). The van der Waals surface area contributed by atoms with Crippen LogP contribution in [0.1, 0.15) is 12.5 Å². The van der Waals surface area contributed by atoms with Crippen molar-refractivity contribution in [3.05, 3.63) is 35.8 Å². The van der Waals surface area contributed by atoms with Gasteiger partial charge in [-0.25, -0.2) is 4.99 Å². The first-order valence-electron chi connectivity index (χ1n) is 6.56. The Labute approximate surface area is 123 Å². The van der Waals surface area contributed by atoms with E-state index in [1.54, 1.807) is 20.4 Å². The Bertz CT molecular complexity index is 553. The van der Waals surface area contributed by atoms with Crippen molar-refractivity contribution in [2.45, 2.75) is 13.3 Å². The minimum atomic E-state index is -0.288. The second-order valence-electron chi connectivity index (χ2n) is 4.53. The van der Waals surface area contributed by atoms with Crippen molar-refractivity contribution in [3.8, 4) is 11.5 Å². The zero-order chi connectivity index (χ0) is 15.2. The van der Waals surface area contributed by atoms with E-state index >= 15 is 0 Å². The first-order chi connectivity index (χ1) is 10.1. The maximum atomic E-state index is 10.9. The van der Waals surface area contributed by atoms with Crippen molar-refractivity contribution in [2.75, 3.05) is 20.8 Å². The van der Waals surface area contributed by atoms with Gasteiger partial charge in [-0.1, -0.05) is 6.07 Å². The first-order valence-corrected chi connectivity index (χ1v) is 6.56. The van der Waals surface area contributed by atoms with Gasteiger partial charge >= 0.3 is 0 Å². The molecule has 1 atom stereocenters. The number of quaternary nitrogens is 1. The van der Waals surface area contributed by atoms with Crippen molar-refractivity contribution in [1.29, 1.82) is 0 Å². The standard InChI is InChI=1S/C14H19N3O4/c1-10(18)15-14-9-17(16-21-14)7-6-11-4-5-12(19-2)13(8-11)20-3/h4-5,8-9,16H,6-7H2,1-3H3,(H,15,18). The highest BCUT2D eigenvalue weighted by molar-refractivity contribution is 5.69. The minimum absolute atomic E-state index is 0.288. The Hall–Kier alpha value is -2.25. The van der Waals surface area contributed by atoms with Crippen LogP contribution in [0.25, 0.3) is 0 Å². The van der Waals surface area contributed by atoms with E-state index in [9.17, 15) is 5.11 Å². The summed E-state index contributed by atoms with van der Waals surface area (Å²) >= 11 is 0. The topological polar surface area (TPSA) is 79.6 Å². The molecule has 7 nitrogen and oxygen atoms in total. The van der Waals surface area contributed by atoms with Crippen LogP contribution in [0.15, 0.2) is 35.3 Å². The van der Waals surface area contributed by atoms with Crippen LogP contribution in [0.2, 0.25) is 0 Å². The van der Waals surface area contributed by atoms with E-state index in [-0.39, 0.29) is 5.90 Å². The molecule has 2 N–H and O–H groups in total. The van der Waals surface area contributed by atoms with E-state index in [2.05, 4.69) is 10.6 Å². The normalized spacial score (nSPS) is 18.1. The van der Waals surface area contributed by atoms with Crippen LogP contribution < -0.4 is 25.2 Å². The third-order valence-electron chi connectivity index (χ3n) is 2.98. The monoisotopic (exact) mass is 293 g/mol. The summed E-state index contributed by atoms with van der Waals surface area (Å²) in [4.78, 5) is 8.80. The molecule has 1 aliphatic rings. The van der Waals surface area contributed by atoms with E-state index in [4.69, 9.17) is 14.3 Å². The van der Waals surface area contributed by atoms with E-state index in [1.807, 2.05) is 18.2 Å². The summed E-state index contributed by atoms with van der Waals surface area (Å²) in [6.07, 6.45) is 2.53. The Balaban J connectivity index is 1.95. The number of methoxy groups -OCH3 is 2. The maximum Gasteiger partial charge on any atom is 0.298 e. The zero-order valence-corrected chi connectivity index (χ0v) is 12.3. The smallest absolute Gasteiger partial charge is 0.298 e. The molecule has 0 fully saturated rings. The summed E-state index contributed by atoms with van der Waals surface area (Å²) in [6, 6.07) is 5.81. The average Bonchev–Trinajstić information content (AvgIpc) is 2.91. The summed E-state index contributed by atoms with van der Waals surface area (Å²) in [5.74, 6) is 1.42. The van der Waals surface area contributed by atoms with E-state index in [0.29, 0.717) is 17.4 Å². The number of hydrogen-bond donors (Lipinski definition) is 2. The van der Waals surface area contributed by atoms with Crippen LogP contribution in [0.3, 0.4) is 0 Å². The van der Waals surface area contributed by atoms with Gasteiger partial charge in [0.15, 0.2) is 17.7 Å². The van der Waals surface area contributed by atoms with Crippen LogP contribution in [-0.4, -0.2) is 26.7 Å². The molecular weight excluding hydrogens is 274 g/mol. The number of nitrogens with one attached hydrogen (secondary N) is 2. The molecule has 0 spiro atoms. The molecule has 1 aliphatic heterocycles. The van der Waals surface area contributed by atoms with Gasteiger partial charge in [-0.15, -0.1) is 0 Å². The third kappa shape index (κ3) is 4.11. The molecular formula is C14H19N3O4. The molecule has 1 aromatic rings. The van der Waals surface area contributed by atoms with Gasteiger partial charge in [-0.3, -0.25) is 0 Å². The van der Waals surface area contributed by atoms with Gasteiger partial charge in [0.25, 0.3) is 5.88 Å². The summed E-state index contributed by atoms with van der Waals surface area (Å²) in [6.45, 7) is 2.12. The lowest BCUT2D eigenvalue weighted by molar-refractivity contribution is -0.911. The van der Waals surface area contributed by atoms with Crippen LogP contribution >= 0.6 is 0 Å². The second-order valence-corrected chi connectivity index (χ2v) is 4.53. The number of hydrogen-bond acceptors (Lipinski definition) is 6. The van der Waals surface area contributed by atoms with E-state index in [0.717, 1.165) is 23.5 Å². The molecule has 0 radical (unpaired) electrons. The molecule has 0 aromatic heterocycles. The lowest BCUT2D eigenvalue weighted by Gasteiger charge is -2.10. The number of rotatable bonds is 6. The molecule has 0 amide bonds. The number of benzene rings is 1. The lowest BCUT2D eigenvalue weighted by Crippen LogP contribution is -3.13. The summed E-state index contributed by atoms with van der Waals surface area (Å²) < 4.78 is 10.5. The Kier molecular flexibility index (Phi) is 5.02. The fourth-order valence-corrected chi connectivity index (χ4v) is 1.97. The van der Waals surface area contributed by atoms with Crippen LogP contribution in [0.4, 0.5) is 0 Å². The van der Waals surface area contributed by atoms with Gasteiger partial charge in [-0.2, -0.15) is 5.01 Å². The summed E-state index contributed by atoms with van der Waals surface area (Å²) in [5, 5.41) is 11.7. The van der Waals surface area contributed by atoms with E-state index in [1.165, 1.54) is 6.92 Å². The molecule has 7 heteroatoms. The van der Waals surface area contributed by atoms with Crippen molar-refractivity contribution < 1.29 is 24.4 Å². The molecule has 1 unspecified atom stereocenters. The van der Waals surface area contributed by atoms with Crippen molar-refractivity contribution in [2.24, 2.45) is 4.99 Å². The molecule has 114 valence electrons. The first kappa shape index (κ1) is 15.1. The fraction of sp³-hybridized carbons (Fsp3) is 0.357. The Morgan fingerprint density at radius 2 is 2.10 bits per heavy atom. The quantitative estimate of drug-likeness (QED) is 0.528. The van der Waals surface area contributed by atoms with Gasteiger partial charge in [0.2, 0.25) is 0 Å².